The molecule has 0 saturated carbocycles. The van der Waals surface area contributed by atoms with E-state index >= 15 is 0 Å². The van der Waals surface area contributed by atoms with Crippen molar-refractivity contribution in [2.24, 2.45) is 0 Å². The highest BCUT2D eigenvalue weighted by Gasteiger charge is 2.09. The van der Waals surface area contributed by atoms with Crippen LogP contribution in [0.3, 0.4) is 0 Å². The summed E-state index contributed by atoms with van der Waals surface area (Å²) in [4.78, 5) is 24.0. The van der Waals surface area contributed by atoms with E-state index in [-0.39, 0.29) is 0 Å². The fraction of sp³-hybridized carbons (Fsp3) is 0.0556. The molecule has 9 heteroatoms. The molecule has 27 heavy (non-hydrogen) atoms. The lowest BCUT2D eigenvalue weighted by Crippen LogP contribution is -2.40. The highest BCUT2D eigenvalue weighted by molar-refractivity contribution is 5.99. The van der Waals surface area contributed by atoms with Crippen LogP contribution in [0.25, 0.3) is 11.3 Å². The molecule has 2 N–H and O–H groups in total. The van der Waals surface area contributed by atoms with Crippen molar-refractivity contribution in [1.29, 1.82) is 0 Å². The molecule has 8 nitrogen and oxygen atoms in total. The predicted molar refractivity (Wildman–Crippen MR) is 94.8 cm³/mol. The molecule has 0 radical (unpaired) electrons. The van der Waals surface area contributed by atoms with E-state index in [9.17, 15) is 14.0 Å². The van der Waals surface area contributed by atoms with Crippen LogP contribution >= 0.6 is 0 Å². The van der Waals surface area contributed by atoms with E-state index in [1.54, 1.807) is 49.4 Å². The number of hydrogen-bond acceptors (Lipinski definition) is 5. The summed E-state index contributed by atoms with van der Waals surface area (Å²) in [6.45, 7) is 1.61. The first kappa shape index (κ1) is 17.9. The Bertz CT molecular complexity index is 983. The SMILES string of the molecule is CC(=CC(=O)NNC(=O)c1ccc(-n2cnnn2)cc1)c1ccccc1F. The van der Waals surface area contributed by atoms with Crippen molar-refractivity contribution in [2.75, 3.05) is 0 Å². The second-order valence-corrected chi connectivity index (χ2v) is 5.55. The zero-order valence-corrected chi connectivity index (χ0v) is 14.3. The van der Waals surface area contributed by atoms with Crippen molar-refractivity contribution in [3.8, 4) is 5.69 Å². The van der Waals surface area contributed by atoms with Gasteiger partial charge in [-0.1, -0.05) is 18.2 Å². The number of tetrazole rings is 1. The van der Waals surface area contributed by atoms with Crippen LogP contribution in [0.1, 0.15) is 22.8 Å². The lowest BCUT2D eigenvalue weighted by atomic mass is 10.1. The van der Waals surface area contributed by atoms with Crippen molar-refractivity contribution >= 4 is 17.4 Å². The summed E-state index contributed by atoms with van der Waals surface area (Å²) in [6, 6.07) is 12.6. The quantitative estimate of drug-likeness (QED) is 0.540. The van der Waals surface area contributed by atoms with Crippen LogP contribution in [0.4, 0.5) is 4.39 Å². The molecule has 0 spiro atoms. The van der Waals surface area contributed by atoms with Gasteiger partial charge in [0.25, 0.3) is 11.8 Å². The molecule has 1 heterocycles. The van der Waals surface area contributed by atoms with Gasteiger partial charge in [0.15, 0.2) is 0 Å². The number of benzene rings is 2. The Morgan fingerprint density at radius 2 is 1.81 bits per heavy atom. The zero-order valence-electron chi connectivity index (χ0n) is 14.3. The van der Waals surface area contributed by atoms with Gasteiger partial charge in [0.05, 0.1) is 5.69 Å². The minimum atomic E-state index is -0.575. The summed E-state index contributed by atoms with van der Waals surface area (Å²) in [7, 11) is 0. The van der Waals surface area contributed by atoms with E-state index in [1.165, 1.54) is 23.2 Å². The maximum Gasteiger partial charge on any atom is 0.269 e. The van der Waals surface area contributed by atoms with Gasteiger partial charge in [0.2, 0.25) is 0 Å². The third-order valence-electron chi connectivity index (χ3n) is 3.69. The van der Waals surface area contributed by atoms with Gasteiger partial charge in [0.1, 0.15) is 12.1 Å². The first-order valence-electron chi connectivity index (χ1n) is 7.91. The lowest BCUT2D eigenvalue weighted by Gasteiger charge is -2.07. The number of amides is 2. The molecule has 2 amide bonds. The van der Waals surface area contributed by atoms with Crippen LogP contribution in [0.5, 0.6) is 0 Å². The molecule has 136 valence electrons. The van der Waals surface area contributed by atoms with Gasteiger partial charge in [-0.3, -0.25) is 20.4 Å². The molecule has 1 aromatic heterocycles. The molecule has 0 saturated heterocycles. The minimum Gasteiger partial charge on any atom is -0.268 e. The van der Waals surface area contributed by atoms with Crippen LogP contribution in [0.2, 0.25) is 0 Å². The Balaban J connectivity index is 1.59. The van der Waals surface area contributed by atoms with Crippen LogP contribution in [0.15, 0.2) is 60.9 Å². The molecule has 0 fully saturated rings. The fourth-order valence-electron chi connectivity index (χ4n) is 2.33. The third kappa shape index (κ3) is 4.40. The number of carbonyl (C=O) groups excluding carboxylic acids is 2. The number of rotatable bonds is 4. The summed E-state index contributed by atoms with van der Waals surface area (Å²) >= 11 is 0. The first-order chi connectivity index (χ1) is 13.0. The maximum atomic E-state index is 13.7. The number of hydrogen-bond donors (Lipinski definition) is 2. The van der Waals surface area contributed by atoms with E-state index in [0.29, 0.717) is 22.4 Å². The molecule has 0 bridgehead atoms. The summed E-state index contributed by atoms with van der Waals surface area (Å²) in [5, 5.41) is 10.8. The summed E-state index contributed by atoms with van der Waals surface area (Å²) in [5.74, 6) is -1.50. The van der Waals surface area contributed by atoms with Gasteiger partial charge in [-0.15, -0.1) is 5.10 Å². The van der Waals surface area contributed by atoms with Crippen LogP contribution in [-0.4, -0.2) is 32.0 Å². The number of aromatic nitrogens is 4. The Kier molecular flexibility index (Phi) is 5.31. The smallest absolute Gasteiger partial charge is 0.268 e. The van der Waals surface area contributed by atoms with Crippen molar-refractivity contribution in [1.82, 2.24) is 31.1 Å². The molecule has 2 aromatic carbocycles. The Morgan fingerprint density at radius 3 is 2.48 bits per heavy atom. The molecule has 3 rings (SSSR count). The Hall–Kier alpha value is -3.88. The molecule has 3 aromatic rings. The van der Waals surface area contributed by atoms with E-state index in [4.69, 9.17) is 0 Å². The van der Waals surface area contributed by atoms with Crippen LogP contribution in [-0.2, 0) is 4.79 Å². The van der Waals surface area contributed by atoms with Gasteiger partial charge in [0, 0.05) is 17.2 Å². The van der Waals surface area contributed by atoms with Gasteiger partial charge < -0.3 is 0 Å². The molecular weight excluding hydrogens is 351 g/mol. The molecule has 0 unspecified atom stereocenters. The highest BCUT2D eigenvalue weighted by Crippen LogP contribution is 2.16. The Morgan fingerprint density at radius 1 is 1.07 bits per heavy atom. The van der Waals surface area contributed by atoms with E-state index in [1.807, 2.05) is 0 Å². The average Bonchev–Trinajstić information content (AvgIpc) is 3.21. The van der Waals surface area contributed by atoms with Crippen molar-refractivity contribution in [3.63, 3.8) is 0 Å². The monoisotopic (exact) mass is 366 g/mol. The Labute approximate surface area is 153 Å². The third-order valence-corrected chi connectivity index (χ3v) is 3.69. The maximum absolute atomic E-state index is 13.7. The van der Waals surface area contributed by atoms with E-state index < -0.39 is 17.6 Å². The van der Waals surface area contributed by atoms with Gasteiger partial charge in [-0.2, -0.15) is 0 Å². The molecule has 0 aliphatic heterocycles. The highest BCUT2D eigenvalue weighted by atomic mass is 19.1. The van der Waals surface area contributed by atoms with Gasteiger partial charge in [-0.05, 0) is 53.3 Å². The zero-order chi connectivity index (χ0) is 19.2. The van der Waals surface area contributed by atoms with Crippen LogP contribution in [0, 0.1) is 5.82 Å². The predicted octanol–water partition coefficient (Wildman–Crippen LogP) is 1.67. The van der Waals surface area contributed by atoms with Crippen molar-refractivity contribution < 1.29 is 14.0 Å². The molecule has 0 atom stereocenters. The average molecular weight is 366 g/mol. The summed E-state index contributed by atoms with van der Waals surface area (Å²) < 4.78 is 15.1. The van der Waals surface area contributed by atoms with E-state index in [0.717, 1.165) is 0 Å². The molecular formula is C18H15FN6O2. The number of allylic oxidation sites excluding steroid dienone is 1. The van der Waals surface area contributed by atoms with Gasteiger partial charge in [-0.25, -0.2) is 9.07 Å². The normalized spacial score (nSPS) is 11.1. The van der Waals surface area contributed by atoms with E-state index in [2.05, 4.69) is 26.4 Å². The topological polar surface area (TPSA) is 102 Å². The van der Waals surface area contributed by atoms with Crippen LogP contribution < -0.4 is 10.9 Å². The second-order valence-electron chi connectivity index (χ2n) is 5.55. The second kappa shape index (κ2) is 8.00. The fourth-order valence-corrected chi connectivity index (χ4v) is 2.33. The van der Waals surface area contributed by atoms with Gasteiger partial charge >= 0.3 is 0 Å². The minimum absolute atomic E-state index is 0.317. The number of carbonyl (C=O) groups is 2. The number of nitrogens with zero attached hydrogens (tertiary/aromatic N) is 4. The largest absolute Gasteiger partial charge is 0.269 e. The summed E-state index contributed by atoms with van der Waals surface area (Å²) in [6.07, 6.45) is 2.64. The van der Waals surface area contributed by atoms with Crippen molar-refractivity contribution in [3.05, 3.63) is 77.9 Å². The first-order valence-corrected chi connectivity index (χ1v) is 7.91. The summed E-state index contributed by atoms with van der Waals surface area (Å²) in [5.41, 5.74) is 6.34. The number of nitrogens with one attached hydrogen (secondary N) is 2. The van der Waals surface area contributed by atoms with Crippen molar-refractivity contribution in [2.45, 2.75) is 6.92 Å². The lowest BCUT2D eigenvalue weighted by molar-refractivity contribution is -0.117. The number of halogens is 1. The standard InChI is InChI=1S/C18H15FN6O2/c1-12(15-4-2-3-5-16(15)19)10-17(26)21-22-18(27)13-6-8-14(9-7-13)25-11-20-23-24-25/h2-11H,1H3,(H,21,26)(H,22,27). The molecule has 0 aliphatic carbocycles. The number of hydrazine groups is 1. The molecule has 0 aliphatic rings.